The fourth-order valence-electron chi connectivity index (χ4n) is 1.09. The zero-order chi connectivity index (χ0) is 12.4. The van der Waals surface area contributed by atoms with Crippen LogP contribution in [0.1, 0.15) is 33.3 Å². The van der Waals surface area contributed by atoms with Crippen LogP contribution in [0.3, 0.4) is 0 Å². The molecular weight excluding hydrogens is 214 g/mol. The molecule has 88 valence electrons. The minimum atomic E-state index is 1.20. The Morgan fingerprint density at radius 2 is 1.81 bits per heavy atom. The summed E-state index contributed by atoms with van der Waals surface area (Å²) in [5.41, 5.74) is 2.52. The molecule has 0 saturated carbocycles. The maximum Gasteiger partial charge on any atom is 0.0360 e. The van der Waals surface area contributed by atoms with Crippen LogP contribution in [0, 0.1) is 6.92 Å². The van der Waals surface area contributed by atoms with Gasteiger partial charge in [-0.05, 0) is 30.0 Å². The first-order valence-electron chi connectivity index (χ1n) is 5.82. The number of aromatic nitrogens is 1. The van der Waals surface area contributed by atoms with Gasteiger partial charge in [0.25, 0.3) is 0 Å². The third-order valence-electron chi connectivity index (χ3n) is 1.68. The van der Waals surface area contributed by atoms with E-state index < -0.39 is 0 Å². The summed E-state index contributed by atoms with van der Waals surface area (Å²) < 4.78 is 0. The Morgan fingerprint density at radius 3 is 2.25 bits per heavy atom. The summed E-state index contributed by atoms with van der Waals surface area (Å²) in [5, 5.41) is 2.16. The molecule has 2 heterocycles. The van der Waals surface area contributed by atoms with E-state index in [1.54, 1.807) is 17.5 Å². The number of hydrogen-bond donors (Lipinski definition) is 0. The van der Waals surface area contributed by atoms with Crippen molar-refractivity contribution in [2.75, 3.05) is 0 Å². The van der Waals surface area contributed by atoms with E-state index in [1.807, 2.05) is 40.0 Å². The molecule has 0 atom stereocenters. The highest BCUT2D eigenvalue weighted by molar-refractivity contribution is 7.13. The average molecular weight is 235 g/mol. The van der Waals surface area contributed by atoms with E-state index in [0.29, 0.717) is 0 Å². The highest BCUT2D eigenvalue weighted by Crippen LogP contribution is 2.25. The summed E-state index contributed by atoms with van der Waals surface area (Å²) in [7, 11) is 0. The van der Waals surface area contributed by atoms with Crippen LogP contribution in [0.25, 0.3) is 10.4 Å². The summed E-state index contributed by atoms with van der Waals surface area (Å²) in [6, 6.07) is 6.23. The van der Waals surface area contributed by atoms with Gasteiger partial charge in [0.2, 0.25) is 0 Å². The zero-order valence-corrected chi connectivity index (χ0v) is 11.6. The van der Waals surface area contributed by atoms with E-state index in [-0.39, 0.29) is 0 Å². The van der Waals surface area contributed by atoms with E-state index in [0.717, 1.165) is 0 Å². The number of hydrogen-bond acceptors (Lipinski definition) is 2. The molecule has 2 rings (SSSR count). The van der Waals surface area contributed by atoms with Crippen molar-refractivity contribution in [2.45, 2.75) is 34.6 Å². The quantitative estimate of drug-likeness (QED) is 0.664. The predicted molar refractivity (Wildman–Crippen MR) is 75.0 cm³/mol. The number of pyridine rings is 1. The Bertz CT molecular complexity index is 365. The molecule has 0 saturated heterocycles. The first-order valence-corrected chi connectivity index (χ1v) is 6.70. The Labute approximate surface area is 103 Å². The third-order valence-corrected chi connectivity index (χ3v) is 2.77. The lowest BCUT2D eigenvalue weighted by Crippen LogP contribution is -1.72. The minimum absolute atomic E-state index is 1.20. The number of thiophene rings is 1. The van der Waals surface area contributed by atoms with Gasteiger partial charge in [0.1, 0.15) is 0 Å². The standard InChI is InChI=1S/C10H9NS.2C2H6/c1-8-5-10(12-7-8)9-3-2-4-11-6-9;2*1-2/h2-7H,1H3;2*1-2H3. The van der Waals surface area contributed by atoms with Gasteiger partial charge in [0.05, 0.1) is 0 Å². The highest BCUT2D eigenvalue weighted by atomic mass is 32.1. The van der Waals surface area contributed by atoms with Gasteiger partial charge in [-0.15, -0.1) is 11.3 Å². The Hall–Kier alpha value is -1.15. The molecule has 0 N–H and O–H groups in total. The van der Waals surface area contributed by atoms with E-state index in [1.165, 1.54) is 16.0 Å². The monoisotopic (exact) mass is 235 g/mol. The van der Waals surface area contributed by atoms with Crippen LogP contribution in [0.4, 0.5) is 0 Å². The molecule has 2 aromatic heterocycles. The van der Waals surface area contributed by atoms with Crippen LogP contribution in [-0.4, -0.2) is 4.98 Å². The molecule has 2 heteroatoms. The number of aryl methyl sites for hydroxylation is 1. The summed E-state index contributed by atoms with van der Waals surface area (Å²) in [6.45, 7) is 10.1. The molecule has 0 aliphatic heterocycles. The normalized spacial score (nSPS) is 8.31. The molecule has 0 aliphatic carbocycles. The third kappa shape index (κ3) is 4.58. The molecule has 0 aliphatic rings. The van der Waals surface area contributed by atoms with E-state index in [2.05, 4.69) is 29.4 Å². The van der Waals surface area contributed by atoms with Gasteiger partial charge >= 0.3 is 0 Å². The lowest BCUT2D eigenvalue weighted by atomic mass is 10.2. The average Bonchev–Trinajstić information content (AvgIpc) is 2.82. The Balaban J connectivity index is 0.000000509. The van der Waals surface area contributed by atoms with Crippen molar-refractivity contribution >= 4 is 11.3 Å². The van der Waals surface area contributed by atoms with Crippen molar-refractivity contribution in [3.63, 3.8) is 0 Å². The largest absolute Gasteiger partial charge is 0.264 e. The van der Waals surface area contributed by atoms with Crippen LogP contribution in [0.5, 0.6) is 0 Å². The van der Waals surface area contributed by atoms with Gasteiger partial charge in [0.15, 0.2) is 0 Å². The summed E-state index contributed by atoms with van der Waals surface area (Å²) in [6.07, 6.45) is 3.69. The summed E-state index contributed by atoms with van der Waals surface area (Å²) >= 11 is 1.76. The Kier molecular flexibility index (Phi) is 8.45. The summed E-state index contributed by atoms with van der Waals surface area (Å²) in [5.74, 6) is 0. The van der Waals surface area contributed by atoms with Gasteiger partial charge in [-0.1, -0.05) is 33.8 Å². The van der Waals surface area contributed by atoms with E-state index >= 15 is 0 Å². The van der Waals surface area contributed by atoms with Crippen molar-refractivity contribution in [3.8, 4) is 10.4 Å². The molecule has 1 nitrogen and oxygen atoms in total. The minimum Gasteiger partial charge on any atom is -0.264 e. The van der Waals surface area contributed by atoms with Crippen molar-refractivity contribution in [3.05, 3.63) is 41.5 Å². The summed E-state index contributed by atoms with van der Waals surface area (Å²) in [4.78, 5) is 5.37. The lowest BCUT2D eigenvalue weighted by molar-refractivity contribution is 1.33. The van der Waals surface area contributed by atoms with Crippen LogP contribution >= 0.6 is 11.3 Å². The van der Waals surface area contributed by atoms with Gasteiger partial charge in [-0.25, -0.2) is 0 Å². The topological polar surface area (TPSA) is 12.9 Å². The molecule has 16 heavy (non-hydrogen) atoms. The van der Waals surface area contributed by atoms with Crippen LogP contribution < -0.4 is 0 Å². The fourth-order valence-corrected chi connectivity index (χ4v) is 1.98. The molecule has 0 bridgehead atoms. The predicted octanol–water partition coefficient (Wildman–Crippen LogP) is 5.17. The van der Waals surface area contributed by atoms with Crippen LogP contribution in [-0.2, 0) is 0 Å². The highest BCUT2D eigenvalue weighted by Gasteiger charge is 1.98. The van der Waals surface area contributed by atoms with Crippen molar-refractivity contribution in [1.82, 2.24) is 4.98 Å². The van der Waals surface area contributed by atoms with Gasteiger partial charge < -0.3 is 0 Å². The Morgan fingerprint density at radius 1 is 1.12 bits per heavy atom. The first-order chi connectivity index (χ1) is 7.86. The molecule has 2 aromatic rings. The van der Waals surface area contributed by atoms with E-state index in [9.17, 15) is 0 Å². The SMILES string of the molecule is CC.CC.Cc1csc(-c2cccnc2)c1. The van der Waals surface area contributed by atoms with Crippen LogP contribution in [0.2, 0.25) is 0 Å². The van der Waals surface area contributed by atoms with Gasteiger partial charge in [-0.3, -0.25) is 4.98 Å². The molecule has 0 aromatic carbocycles. The van der Waals surface area contributed by atoms with Gasteiger partial charge in [-0.2, -0.15) is 0 Å². The zero-order valence-electron chi connectivity index (χ0n) is 10.8. The van der Waals surface area contributed by atoms with Crippen molar-refractivity contribution in [2.24, 2.45) is 0 Å². The second-order valence-corrected chi connectivity index (χ2v) is 3.64. The molecule has 0 unspecified atom stereocenters. The van der Waals surface area contributed by atoms with Crippen molar-refractivity contribution in [1.29, 1.82) is 0 Å². The maximum absolute atomic E-state index is 4.08. The molecule has 0 spiro atoms. The van der Waals surface area contributed by atoms with E-state index in [4.69, 9.17) is 0 Å². The smallest absolute Gasteiger partial charge is 0.0360 e. The molecular formula is C14H21NS. The maximum atomic E-state index is 4.08. The molecule has 0 amide bonds. The second kappa shape index (κ2) is 9.10. The molecule has 0 fully saturated rings. The lowest BCUT2D eigenvalue weighted by Gasteiger charge is -1.92. The van der Waals surface area contributed by atoms with Crippen LogP contribution in [0.15, 0.2) is 36.0 Å². The number of nitrogens with zero attached hydrogens (tertiary/aromatic N) is 1. The van der Waals surface area contributed by atoms with Crippen molar-refractivity contribution < 1.29 is 0 Å². The fraction of sp³-hybridized carbons (Fsp3) is 0.357. The van der Waals surface area contributed by atoms with Gasteiger partial charge in [0, 0.05) is 22.8 Å². The number of rotatable bonds is 1. The second-order valence-electron chi connectivity index (χ2n) is 2.73. The molecule has 0 radical (unpaired) electrons. The first kappa shape index (κ1) is 14.8.